The predicted octanol–water partition coefficient (Wildman–Crippen LogP) is 3.38. The normalized spacial score (nSPS) is 11.5. The summed E-state index contributed by atoms with van der Waals surface area (Å²) < 4.78 is 54.7. The zero-order valence-electron chi connectivity index (χ0n) is 16.3. The van der Waals surface area contributed by atoms with Crippen LogP contribution in [-0.2, 0) is 15.8 Å². The standard InChI is InChI=1S/C19H20F4N4O2/c1-11(2)18(29)27(10-16(28)26(3)4)15-6-5-14(25-17(15)19(21,22)23)12-7-13(20)9-24-8-12/h5-9,11H,10H2,1-4H3. The highest BCUT2D eigenvalue weighted by Gasteiger charge is 2.39. The number of hydrogen-bond acceptors (Lipinski definition) is 4. The molecule has 0 spiro atoms. The molecule has 2 aromatic rings. The van der Waals surface area contributed by atoms with E-state index in [1.54, 1.807) is 0 Å². The van der Waals surface area contributed by atoms with Gasteiger partial charge in [-0.3, -0.25) is 14.6 Å². The lowest BCUT2D eigenvalue weighted by Crippen LogP contribution is -2.43. The van der Waals surface area contributed by atoms with Gasteiger partial charge in [0.2, 0.25) is 11.8 Å². The highest BCUT2D eigenvalue weighted by molar-refractivity contribution is 6.00. The molecule has 0 unspecified atom stereocenters. The Morgan fingerprint density at radius 1 is 1.14 bits per heavy atom. The third-order valence-corrected chi connectivity index (χ3v) is 3.99. The summed E-state index contributed by atoms with van der Waals surface area (Å²) in [4.78, 5) is 33.9. The fraction of sp³-hybridized carbons (Fsp3) is 0.368. The van der Waals surface area contributed by atoms with Crippen LogP contribution in [0, 0.1) is 11.7 Å². The number of hydrogen-bond donors (Lipinski definition) is 0. The topological polar surface area (TPSA) is 66.4 Å². The second-order valence-corrected chi connectivity index (χ2v) is 6.82. The van der Waals surface area contributed by atoms with E-state index in [4.69, 9.17) is 0 Å². The first-order chi connectivity index (χ1) is 13.4. The lowest BCUT2D eigenvalue weighted by atomic mass is 10.1. The fourth-order valence-corrected chi connectivity index (χ4v) is 2.46. The van der Waals surface area contributed by atoms with Crippen LogP contribution < -0.4 is 4.90 Å². The van der Waals surface area contributed by atoms with E-state index >= 15 is 0 Å². The Kier molecular flexibility index (Phi) is 6.55. The van der Waals surface area contributed by atoms with Crippen molar-refractivity contribution in [1.82, 2.24) is 14.9 Å². The quantitative estimate of drug-likeness (QED) is 0.707. The summed E-state index contributed by atoms with van der Waals surface area (Å²) in [5, 5.41) is 0. The van der Waals surface area contributed by atoms with E-state index in [2.05, 4.69) is 9.97 Å². The van der Waals surface area contributed by atoms with Gasteiger partial charge in [-0.2, -0.15) is 13.2 Å². The zero-order valence-corrected chi connectivity index (χ0v) is 16.3. The van der Waals surface area contributed by atoms with Crippen molar-refractivity contribution < 1.29 is 27.2 Å². The molecule has 0 N–H and O–H groups in total. The Balaban J connectivity index is 2.63. The van der Waals surface area contributed by atoms with Crippen LogP contribution >= 0.6 is 0 Å². The van der Waals surface area contributed by atoms with Gasteiger partial charge in [-0.25, -0.2) is 9.37 Å². The lowest BCUT2D eigenvalue weighted by Gasteiger charge is -2.27. The molecule has 0 aliphatic heterocycles. The van der Waals surface area contributed by atoms with Crippen molar-refractivity contribution in [2.75, 3.05) is 25.5 Å². The molecule has 0 radical (unpaired) electrons. The lowest BCUT2D eigenvalue weighted by molar-refractivity contribution is -0.141. The molecule has 0 bridgehead atoms. The van der Waals surface area contributed by atoms with Crippen molar-refractivity contribution in [3.05, 3.63) is 42.1 Å². The van der Waals surface area contributed by atoms with Gasteiger partial charge in [-0.1, -0.05) is 13.8 Å². The van der Waals surface area contributed by atoms with E-state index in [9.17, 15) is 27.2 Å². The van der Waals surface area contributed by atoms with Crippen LogP contribution in [0.1, 0.15) is 19.5 Å². The Labute approximate surface area is 165 Å². The van der Waals surface area contributed by atoms with Crippen molar-refractivity contribution in [2.24, 2.45) is 5.92 Å². The molecule has 0 saturated carbocycles. The van der Waals surface area contributed by atoms with Gasteiger partial charge in [0.15, 0.2) is 5.69 Å². The molecule has 2 rings (SSSR count). The summed E-state index contributed by atoms with van der Waals surface area (Å²) in [5.74, 6) is -2.59. The minimum Gasteiger partial charge on any atom is -0.347 e. The average Bonchev–Trinajstić information content (AvgIpc) is 2.64. The summed E-state index contributed by atoms with van der Waals surface area (Å²) in [7, 11) is 2.87. The maximum atomic E-state index is 13.8. The first-order valence-corrected chi connectivity index (χ1v) is 8.62. The van der Waals surface area contributed by atoms with Crippen molar-refractivity contribution in [3.63, 3.8) is 0 Å². The van der Waals surface area contributed by atoms with Crippen molar-refractivity contribution in [3.8, 4) is 11.3 Å². The number of halogens is 4. The van der Waals surface area contributed by atoms with Crippen molar-refractivity contribution in [2.45, 2.75) is 20.0 Å². The van der Waals surface area contributed by atoms with E-state index < -0.39 is 47.7 Å². The highest BCUT2D eigenvalue weighted by atomic mass is 19.4. The van der Waals surface area contributed by atoms with Gasteiger partial charge < -0.3 is 9.80 Å². The van der Waals surface area contributed by atoms with Gasteiger partial charge in [0, 0.05) is 31.8 Å². The highest BCUT2D eigenvalue weighted by Crippen LogP contribution is 2.37. The maximum Gasteiger partial charge on any atom is 0.435 e. The summed E-state index contributed by atoms with van der Waals surface area (Å²) in [6.45, 7) is 2.46. The smallest absolute Gasteiger partial charge is 0.347 e. The second kappa shape index (κ2) is 8.54. The number of anilines is 1. The second-order valence-electron chi connectivity index (χ2n) is 6.82. The van der Waals surface area contributed by atoms with Crippen LogP contribution in [0.2, 0.25) is 0 Å². The number of nitrogens with zero attached hydrogens (tertiary/aromatic N) is 4. The molecule has 0 aromatic carbocycles. The number of aromatic nitrogens is 2. The number of likely N-dealkylation sites (N-methyl/N-ethyl adjacent to an activating group) is 1. The molecule has 0 saturated heterocycles. The molecule has 29 heavy (non-hydrogen) atoms. The Morgan fingerprint density at radius 2 is 1.79 bits per heavy atom. The van der Waals surface area contributed by atoms with E-state index in [-0.39, 0.29) is 11.3 Å². The molecule has 0 fully saturated rings. The summed E-state index contributed by atoms with van der Waals surface area (Å²) in [6, 6.07) is 3.28. The van der Waals surface area contributed by atoms with Gasteiger partial charge in [-0.15, -0.1) is 0 Å². The minimum absolute atomic E-state index is 0.0492. The number of carbonyl (C=O) groups is 2. The Hall–Kier alpha value is -3.04. The third-order valence-electron chi connectivity index (χ3n) is 3.99. The van der Waals surface area contributed by atoms with Crippen LogP contribution in [0.5, 0.6) is 0 Å². The molecule has 156 valence electrons. The molecular formula is C19H20F4N4O2. The van der Waals surface area contributed by atoms with Gasteiger partial charge in [-0.05, 0) is 18.2 Å². The fourth-order valence-electron chi connectivity index (χ4n) is 2.46. The molecule has 2 amide bonds. The monoisotopic (exact) mass is 412 g/mol. The predicted molar refractivity (Wildman–Crippen MR) is 98.3 cm³/mol. The van der Waals surface area contributed by atoms with Crippen LogP contribution in [0.3, 0.4) is 0 Å². The van der Waals surface area contributed by atoms with Crippen molar-refractivity contribution in [1.29, 1.82) is 0 Å². The molecule has 0 atom stereocenters. The van der Waals surface area contributed by atoms with E-state index in [1.165, 1.54) is 45.1 Å². The van der Waals surface area contributed by atoms with Crippen LogP contribution in [0.4, 0.5) is 23.2 Å². The number of rotatable bonds is 5. The van der Waals surface area contributed by atoms with Crippen molar-refractivity contribution >= 4 is 17.5 Å². The Morgan fingerprint density at radius 3 is 2.31 bits per heavy atom. The molecule has 2 aromatic heterocycles. The van der Waals surface area contributed by atoms with Crippen LogP contribution in [0.15, 0.2) is 30.6 Å². The molecule has 0 aliphatic rings. The van der Waals surface area contributed by atoms with Gasteiger partial charge in [0.1, 0.15) is 12.4 Å². The number of amides is 2. The van der Waals surface area contributed by atoms with Gasteiger partial charge in [0.25, 0.3) is 0 Å². The molecule has 0 aliphatic carbocycles. The van der Waals surface area contributed by atoms with Gasteiger partial charge in [0.05, 0.1) is 17.6 Å². The first kappa shape index (κ1) is 22.3. The largest absolute Gasteiger partial charge is 0.435 e. The molecular weight excluding hydrogens is 392 g/mol. The summed E-state index contributed by atoms with van der Waals surface area (Å²) in [5.41, 5.74) is -2.00. The van der Waals surface area contributed by atoms with E-state index in [0.29, 0.717) is 0 Å². The number of carbonyl (C=O) groups excluding carboxylic acids is 2. The van der Waals surface area contributed by atoms with Crippen LogP contribution in [-0.4, -0.2) is 47.3 Å². The Bertz CT molecular complexity index is 913. The zero-order chi connectivity index (χ0) is 21.9. The third kappa shape index (κ3) is 5.27. The minimum atomic E-state index is -4.91. The van der Waals surface area contributed by atoms with E-state index in [1.807, 2.05) is 0 Å². The number of pyridine rings is 2. The average molecular weight is 412 g/mol. The van der Waals surface area contributed by atoms with E-state index in [0.717, 1.165) is 23.2 Å². The molecule has 6 nitrogen and oxygen atoms in total. The maximum absolute atomic E-state index is 13.8. The summed E-state index contributed by atoms with van der Waals surface area (Å²) >= 11 is 0. The molecule has 2 heterocycles. The first-order valence-electron chi connectivity index (χ1n) is 8.62. The SMILES string of the molecule is CC(C)C(=O)N(CC(=O)N(C)C)c1ccc(-c2cncc(F)c2)nc1C(F)(F)F. The number of alkyl halides is 3. The summed E-state index contributed by atoms with van der Waals surface area (Å²) in [6.07, 6.45) is -2.82. The van der Waals surface area contributed by atoms with Crippen LogP contribution in [0.25, 0.3) is 11.3 Å². The van der Waals surface area contributed by atoms with Gasteiger partial charge >= 0.3 is 6.18 Å². The molecule has 10 heteroatoms.